The molecule has 176 valence electrons. The number of benzene rings is 1. The molecule has 0 aliphatic heterocycles. The Balaban J connectivity index is 1.93. The van der Waals surface area contributed by atoms with Crippen LogP contribution in [0.2, 0.25) is 0 Å². The predicted octanol–water partition coefficient (Wildman–Crippen LogP) is 5.60. The maximum absolute atomic E-state index is 13.9. The van der Waals surface area contributed by atoms with E-state index in [0.717, 1.165) is 17.6 Å². The predicted molar refractivity (Wildman–Crippen MR) is 124 cm³/mol. The van der Waals surface area contributed by atoms with E-state index < -0.39 is 24.9 Å². The minimum absolute atomic E-state index is 0.197. The van der Waals surface area contributed by atoms with Crippen molar-refractivity contribution in [1.29, 1.82) is 0 Å². The maximum atomic E-state index is 13.9. The van der Waals surface area contributed by atoms with Gasteiger partial charge in [0.15, 0.2) is 5.65 Å². The van der Waals surface area contributed by atoms with Crippen LogP contribution in [0, 0.1) is 5.82 Å². The van der Waals surface area contributed by atoms with Gasteiger partial charge in [-0.05, 0) is 44.5 Å². The van der Waals surface area contributed by atoms with Gasteiger partial charge in [0.1, 0.15) is 24.0 Å². The lowest BCUT2D eigenvalue weighted by Gasteiger charge is -2.19. The third-order valence-electron chi connectivity index (χ3n) is 5.11. The highest BCUT2D eigenvalue weighted by atomic mass is 19.3. The van der Waals surface area contributed by atoms with E-state index in [-0.39, 0.29) is 5.75 Å². The molecule has 0 spiro atoms. The number of hydrogen-bond acceptors (Lipinski definition) is 5. The summed E-state index contributed by atoms with van der Waals surface area (Å²) in [5.41, 5.74) is 4.06. The Morgan fingerprint density at radius 3 is 2.76 bits per heavy atom. The summed E-state index contributed by atoms with van der Waals surface area (Å²) in [6.07, 6.45) is 5.79. The molecule has 2 aromatic heterocycles. The van der Waals surface area contributed by atoms with Gasteiger partial charge >= 0.3 is 0 Å². The van der Waals surface area contributed by atoms with Crippen LogP contribution >= 0.6 is 0 Å². The Kier molecular flexibility index (Phi) is 7.97. The second kappa shape index (κ2) is 10.9. The molecular weight excluding hydrogens is 431 g/mol. The van der Waals surface area contributed by atoms with Crippen molar-refractivity contribution >= 4 is 17.0 Å². The van der Waals surface area contributed by atoms with E-state index in [1.54, 1.807) is 29.9 Å². The summed E-state index contributed by atoms with van der Waals surface area (Å²) < 4.78 is 46.0. The molecule has 2 heterocycles. The summed E-state index contributed by atoms with van der Waals surface area (Å²) in [6, 6.07) is 5.10. The van der Waals surface area contributed by atoms with Gasteiger partial charge < -0.3 is 15.4 Å². The van der Waals surface area contributed by atoms with Crippen LogP contribution in [0.4, 0.5) is 19.0 Å². The Hall–Kier alpha value is -3.49. The smallest absolute Gasteiger partial charge is 0.272 e. The molecule has 2 N–H and O–H groups in total. The first-order valence-corrected chi connectivity index (χ1v) is 10.7. The highest BCUT2D eigenvalue weighted by molar-refractivity contribution is 5.82. The van der Waals surface area contributed by atoms with E-state index in [1.807, 2.05) is 13.2 Å². The van der Waals surface area contributed by atoms with Crippen molar-refractivity contribution in [3.8, 4) is 5.75 Å². The largest absolute Gasteiger partial charge is 0.487 e. The van der Waals surface area contributed by atoms with Crippen LogP contribution in [0.15, 0.2) is 54.5 Å². The zero-order valence-electron chi connectivity index (χ0n) is 19.1. The molecule has 1 atom stereocenters. The average Bonchev–Trinajstić information content (AvgIpc) is 3.20. The number of allylic oxidation sites excluding steroid dienone is 3. The molecule has 1 aromatic carbocycles. The van der Waals surface area contributed by atoms with Crippen LogP contribution in [-0.2, 0) is 0 Å². The first-order chi connectivity index (χ1) is 15.8. The van der Waals surface area contributed by atoms with Gasteiger partial charge in [-0.15, -0.1) is 0 Å². The van der Waals surface area contributed by atoms with E-state index in [9.17, 15) is 13.2 Å². The number of aromatic nitrogens is 3. The molecule has 0 amide bonds. The lowest BCUT2D eigenvalue weighted by molar-refractivity contribution is 0.0813. The zero-order valence-corrected chi connectivity index (χ0v) is 19.1. The van der Waals surface area contributed by atoms with E-state index in [2.05, 4.69) is 35.7 Å². The highest BCUT2D eigenvalue weighted by Crippen LogP contribution is 2.29. The molecule has 3 aromatic rings. The second-order valence-corrected chi connectivity index (χ2v) is 7.62. The van der Waals surface area contributed by atoms with Crippen molar-refractivity contribution < 1.29 is 17.9 Å². The molecule has 6 nitrogen and oxygen atoms in total. The molecule has 33 heavy (non-hydrogen) atoms. The lowest BCUT2D eigenvalue weighted by atomic mass is 10.1. The van der Waals surface area contributed by atoms with E-state index in [0.29, 0.717) is 17.0 Å². The Labute approximate surface area is 191 Å². The normalized spacial score (nSPS) is 13.5. The zero-order chi connectivity index (χ0) is 24.0. The molecule has 0 unspecified atom stereocenters. The number of fused-ring (bicyclic) bond motifs is 1. The van der Waals surface area contributed by atoms with E-state index >= 15 is 0 Å². The third-order valence-corrected chi connectivity index (χ3v) is 5.11. The number of nitrogens with one attached hydrogen (secondary N) is 2. The maximum Gasteiger partial charge on any atom is 0.272 e. The number of halogens is 3. The third kappa shape index (κ3) is 6.06. The molecule has 3 rings (SSSR count). The van der Waals surface area contributed by atoms with E-state index in [4.69, 9.17) is 9.72 Å². The Morgan fingerprint density at radius 2 is 2.06 bits per heavy atom. The molecule has 0 fully saturated rings. The average molecular weight is 460 g/mol. The van der Waals surface area contributed by atoms with Crippen molar-refractivity contribution in [3.05, 3.63) is 71.5 Å². The van der Waals surface area contributed by atoms with Gasteiger partial charge in [-0.1, -0.05) is 18.6 Å². The van der Waals surface area contributed by atoms with Gasteiger partial charge in [-0.3, -0.25) is 0 Å². The number of hydrogen-bond donors (Lipinski definition) is 2. The summed E-state index contributed by atoms with van der Waals surface area (Å²) in [5.74, 6) is 0.243. The fourth-order valence-electron chi connectivity index (χ4n) is 3.31. The van der Waals surface area contributed by atoms with Gasteiger partial charge in [0.2, 0.25) is 0 Å². The summed E-state index contributed by atoms with van der Waals surface area (Å²) in [6.45, 7) is 5.17. The Morgan fingerprint density at radius 1 is 1.27 bits per heavy atom. The van der Waals surface area contributed by atoms with Crippen LogP contribution in [0.3, 0.4) is 0 Å². The highest BCUT2D eigenvalue weighted by Gasteiger charge is 2.17. The monoisotopic (exact) mass is 459 g/mol. The quantitative estimate of drug-likeness (QED) is 0.386. The fraction of sp³-hybridized carbons (Fsp3) is 0.333. The summed E-state index contributed by atoms with van der Waals surface area (Å²) in [5, 5.41) is 10.7. The first kappa shape index (κ1) is 24.2. The lowest BCUT2D eigenvalue weighted by Crippen LogP contribution is -2.13. The second-order valence-electron chi connectivity index (χ2n) is 7.62. The van der Waals surface area contributed by atoms with Crippen molar-refractivity contribution in [2.45, 2.75) is 39.7 Å². The molecule has 0 aliphatic carbocycles. The topological polar surface area (TPSA) is 63.5 Å². The van der Waals surface area contributed by atoms with Crippen molar-refractivity contribution in [1.82, 2.24) is 19.9 Å². The van der Waals surface area contributed by atoms with Crippen molar-refractivity contribution in [2.24, 2.45) is 0 Å². The number of alkyl halides is 2. The summed E-state index contributed by atoms with van der Waals surface area (Å²) >= 11 is 0. The van der Waals surface area contributed by atoms with Crippen LogP contribution in [0.25, 0.3) is 11.2 Å². The SMILES string of the molecule is CC/C(C)=C/C(=C\NC)c1cnn2ccc(N[C@H](C)c3cc(F)ccc3OCC(F)F)nc12. The van der Waals surface area contributed by atoms with Crippen LogP contribution in [0.5, 0.6) is 5.75 Å². The number of ether oxygens (including phenoxy) is 1. The van der Waals surface area contributed by atoms with E-state index in [1.165, 1.54) is 23.8 Å². The minimum atomic E-state index is -2.62. The minimum Gasteiger partial charge on any atom is -0.487 e. The summed E-state index contributed by atoms with van der Waals surface area (Å²) in [4.78, 5) is 4.70. The summed E-state index contributed by atoms with van der Waals surface area (Å²) in [7, 11) is 1.83. The fourth-order valence-corrected chi connectivity index (χ4v) is 3.31. The molecule has 0 aliphatic rings. The standard InChI is InChI=1S/C24H28F3N5O/c1-5-15(2)10-17(12-28-4)20-13-29-32-9-8-23(31-24(20)32)30-16(3)19-11-18(25)6-7-21(19)33-14-22(26)27/h6-13,16,22,28H,5,14H2,1-4H3,(H,30,31)/b15-10+,17-12+/t16-/m1/s1. The number of nitrogens with zero attached hydrogens (tertiary/aromatic N) is 3. The molecular formula is C24H28F3N5O. The van der Waals surface area contributed by atoms with Gasteiger partial charge in [0.25, 0.3) is 6.43 Å². The van der Waals surface area contributed by atoms with Crippen LogP contribution < -0.4 is 15.4 Å². The molecule has 0 saturated carbocycles. The van der Waals surface area contributed by atoms with Gasteiger partial charge in [0, 0.05) is 36.1 Å². The van der Waals surface area contributed by atoms with Gasteiger partial charge in [0.05, 0.1) is 12.2 Å². The van der Waals surface area contributed by atoms with Crippen LogP contribution in [-0.4, -0.2) is 34.7 Å². The molecule has 0 radical (unpaired) electrons. The number of anilines is 1. The van der Waals surface area contributed by atoms with Crippen molar-refractivity contribution in [2.75, 3.05) is 19.0 Å². The van der Waals surface area contributed by atoms with Gasteiger partial charge in [-0.25, -0.2) is 22.7 Å². The molecule has 0 saturated heterocycles. The van der Waals surface area contributed by atoms with Crippen molar-refractivity contribution in [3.63, 3.8) is 0 Å². The molecule has 9 heteroatoms. The van der Waals surface area contributed by atoms with Gasteiger partial charge in [-0.2, -0.15) is 5.10 Å². The number of rotatable bonds is 10. The first-order valence-electron chi connectivity index (χ1n) is 10.7. The molecule has 0 bridgehead atoms. The van der Waals surface area contributed by atoms with Crippen LogP contribution in [0.1, 0.15) is 44.4 Å². The Bertz CT molecular complexity index is 1160.